The molecule has 6 nitrogen and oxygen atoms in total. The minimum atomic E-state index is -0.381. The number of rotatable bonds is 7. The van der Waals surface area contributed by atoms with E-state index in [-0.39, 0.29) is 17.2 Å². The van der Waals surface area contributed by atoms with Gasteiger partial charge in [-0.2, -0.15) is 0 Å². The van der Waals surface area contributed by atoms with Crippen LogP contribution in [-0.2, 0) is 0 Å². The number of nitro groups is 1. The van der Waals surface area contributed by atoms with Crippen molar-refractivity contribution in [3.05, 3.63) is 28.3 Å². The van der Waals surface area contributed by atoms with Gasteiger partial charge in [-0.25, -0.2) is 0 Å². The molecule has 19 heavy (non-hydrogen) atoms. The molecule has 0 unspecified atom stereocenters. The van der Waals surface area contributed by atoms with Crippen LogP contribution in [0.5, 0.6) is 0 Å². The molecule has 0 saturated heterocycles. The zero-order valence-electron chi connectivity index (χ0n) is 11.0. The molecule has 1 saturated carbocycles. The van der Waals surface area contributed by atoms with Crippen LogP contribution in [0.15, 0.2) is 18.2 Å². The minimum Gasteiger partial charge on any atom is -0.395 e. The third kappa shape index (κ3) is 3.35. The predicted octanol–water partition coefficient (Wildman–Crippen LogP) is 1.99. The molecule has 2 rings (SSSR count). The maximum absolute atomic E-state index is 11.0. The maximum Gasteiger partial charge on any atom is 0.273 e. The van der Waals surface area contributed by atoms with Crippen molar-refractivity contribution in [3.8, 4) is 0 Å². The number of anilines is 2. The van der Waals surface area contributed by atoms with E-state index in [1.54, 1.807) is 6.07 Å². The molecule has 0 spiro atoms. The van der Waals surface area contributed by atoms with Crippen molar-refractivity contribution in [2.75, 3.05) is 29.9 Å². The van der Waals surface area contributed by atoms with Gasteiger partial charge in [-0.05, 0) is 25.8 Å². The first-order valence-corrected chi connectivity index (χ1v) is 6.56. The number of non-ortho nitro benzene ring substituents is 1. The number of hydrogen-bond acceptors (Lipinski definition) is 5. The third-order valence-corrected chi connectivity index (χ3v) is 3.15. The Hall–Kier alpha value is -1.82. The topological polar surface area (TPSA) is 78.6 Å². The summed E-state index contributed by atoms with van der Waals surface area (Å²) in [5.74, 6) is 0. The smallest absolute Gasteiger partial charge is 0.273 e. The summed E-state index contributed by atoms with van der Waals surface area (Å²) in [5.41, 5.74) is 1.63. The van der Waals surface area contributed by atoms with Gasteiger partial charge in [0.25, 0.3) is 5.69 Å². The van der Waals surface area contributed by atoms with E-state index in [1.165, 1.54) is 6.07 Å². The Morgan fingerprint density at radius 2 is 2.21 bits per heavy atom. The van der Waals surface area contributed by atoms with Crippen LogP contribution in [0.2, 0.25) is 0 Å². The van der Waals surface area contributed by atoms with Gasteiger partial charge in [-0.15, -0.1) is 0 Å². The summed E-state index contributed by atoms with van der Waals surface area (Å²) in [6.45, 7) is 3.22. The second-order valence-corrected chi connectivity index (χ2v) is 4.67. The molecule has 0 bridgehead atoms. The molecule has 1 aromatic rings. The van der Waals surface area contributed by atoms with E-state index in [1.807, 2.05) is 17.9 Å². The molecule has 1 aliphatic carbocycles. The van der Waals surface area contributed by atoms with Gasteiger partial charge in [0.2, 0.25) is 0 Å². The Kier molecular flexibility index (Phi) is 4.21. The highest BCUT2D eigenvalue weighted by molar-refractivity contribution is 5.65. The SMILES string of the molecule is CCNc1cc(N(CCO)C2CC2)cc([N+](=O)[O-])c1. The van der Waals surface area contributed by atoms with E-state index in [0.29, 0.717) is 19.1 Å². The lowest BCUT2D eigenvalue weighted by Gasteiger charge is -2.24. The van der Waals surface area contributed by atoms with Gasteiger partial charge in [-0.3, -0.25) is 10.1 Å². The summed E-state index contributed by atoms with van der Waals surface area (Å²) >= 11 is 0. The standard InChI is InChI=1S/C13H19N3O3/c1-2-14-10-7-12(9-13(8-10)16(18)19)15(5-6-17)11-3-4-11/h7-9,11,14,17H,2-6H2,1H3. The first-order chi connectivity index (χ1) is 9.15. The van der Waals surface area contributed by atoms with Crippen molar-refractivity contribution in [3.63, 3.8) is 0 Å². The molecule has 1 fully saturated rings. The quantitative estimate of drug-likeness (QED) is 0.582. The Morgan fingerprint density at radius 1 is 1.47 bits per heavy atom. The van der Waals surface area contributed by atoms with Gasteiger partial charge in [0, 0.05) is 42.6 Å². The Balaban J connectivity index is 2.33. The van der Waals surface area contributed by atoms with Crippen LogP contribution in [0.3, 0.4) is 0 Å². The highest BCUT2D eigenvalue weighted by Gasteiger charge is 2.29. The molecule has 0 aliphatic heterocycles. The van der Waals surface area contributed by atoms with E-state index in [0.717, 1.165) is 24.2 Å². The fourth-order valence-corrected chi connectivity index (χ4v) is 2.19. The van der Waals surface area contributed by atoms with E-state index < -0.39 is 0 Å². The van der Waals surface area contributed by atoms with Crippen LogP contribution in [0, 0.1) is 10.1 Å². The number of aliphatic hydroxyl groups is 1. The zero-order chi connectivity index (χ0) is 13.8. The van der Waals surface area contributed by atoms with Crippen molar-refractivity contribution >= 4 is 17.1 Å². The Labute approximate surface area is 112 Å². The van der Waals surface area contributed by atoms with E-state index in [4.69, 9.17) is 5.11 Å². The normalized spacial score (nSPS) is 14.2. The summed E-state index contributed by atoms with van der Waals surface area (Å²) in [6, 6.07) is 5.43. The average molecular weight is 265 g/mol. The van der Waals surface area contributed by atoms with Crippen molar-refractivity contribution in [1.29, 1.82) is 0 Å². The van der Waals surface area contributed by atoms with Gasteiger partial charge in [-0.1, -0.05) is 0 Å². The molecule has 1 aliphatic rings. The van der Waals surface area contributed by atoms with Gasteiger partial charge >= 0.3 is 0 Å². The maximum atomic E-state index is 11.0. The number of nitro benzene ring substituents is 1. The van der Waals surface area contributed by atoms with Crippen LogP contribution in [-0.4, -0.2) is 35.8 Å². The number of aliphatic hydroxyl groups excluding tert-OH is 1. The van der Waals surface area contributed by atoms with Gasteiger partial charge in [0.05, 0.1) is 11.5 Å². The van der Waals surface area contributed by atoms with Crippen molar-refractivity contribution in [1.82, 2.24) is 0 Å². The third-order valence-electron chi connectivity index (χ3n) is 3.15. The van der Waals surface area contributed by atoms with Gasteiger partial charge in [0.15, 0.2) is 0 Å². The molecule has 0 radical (unpaired) electrons. The lowest BCUT2D eigenvalue weighted by Crippen LogP contribution is -2.28. The zero-order valence-corrected chi connectivity index (χ0v) is 11.0. The molecule has 0 heterocycles. The van der Waals surface area contributed by atoms with Crippen LogP contribution < -0.4 is 10.2 Å². The van der Waals surface area contributed by atoms with Crippen LogP contribution in [0.1, 0.15) is 19.8 Å². The lowest BCUT2D eigenvalue weighted by molar-refractivity contribution is -0.384. The van der Waals surface area contributed by atoms with Crippen molar-refractivity contribution in [2.24, 2.45) is 0 Å². The first kappa shape index (κ1) is 13.6. The van der Waals surface area contributed by atoms with E-state index in [9.17, 15) is 10.1 Å². The van der Waals surface area contributed by atoms with E-state index in [2.05, 4.69) is 5.32 Å². The molecular weight excluding hydrogens is 246 g/mol. The Bertz CT molecular complexity index is 460. The number of nitrogens with zero attached hydrogens (tertiary/aromatic N) is 2. The second-order valence-electron chi connectivity index (χ2n) is 4.67. The summed E-state index contributed by atoms with van der Waals surface area (Å²) in [4.78, 5) is 12.7. The number of hydrogen-bond donors (Lipinski definition) is 2. The van der Waals surface area contributed by atoms with Crippen molar-refractivity contribution in [2.45, 2.75) is 25.8 Å². The molecule has 1 aromatic carbocycles. The lowest BCUT2D eigenvalue weighted by atomic mass is 10.2. The van der Waals surface area contributed by atoms with Crippen LogP contribution >= 0.6 is 0 Å². The molecule has 0 amide bonds. The summed E-state index contributed by atoms with van der Waals surface area (Å²) in [7, 11) is 0. The van der Waals surface area contributed by atoms with Crippen LogP contribution in [0.25, 0.3) is 0 Å². The highest BCUT2D eigenvalue weighted by Crippen LogP contribution is 2.34. The Morgan fingerprint density at radius 3 is 2.74 bits per heavy atom. The van der Waals surface area contributed by atoms with Crippen molar-refractivity contribution < 1.29 is 10.0 Å². The monoisotopic (exact) mass is 265 g/mol. The largest absolute Gasteiger partial charge is 0.395 e. The average Bonchev–Trinajstić information content (AvgIpc) is 3.20. The minimum absolute atomic E-state index is 0.0513. The van der Waals surface area contributed by atoms with E-state index >= 15 is 0 Å². The van der Waals surface area contributed by atoms with Gasteiger partial charge in [0.1, 0.15) is 0 Å². The summed E-state index contributed by atoms with van der Waals surface area (Å²) in [6.07, 6.45) is 2.17. The molecular formula is C13H19N3O3. The van der Waals surface area contributed by atoms with Gasteiger partial charge < -0.3 is 15.3 Å². The molecule has 2 N–H and O–H groups in total. The molecule has 6 heteroatoms. The first-order valence-electron chi connectivity index (χ1n) is 6.56. The predicted molar refractivity (Wildman–Crippen MR) is 74.7 cm³/mol. The summed E-state index contributed by atoms with van der Waals surface area (Å²) in [5, 5.41) is 23.2. The number of benzene rings is 1. The summed E-state index contributed by atoms with van der Waals surface area (Å²) < 4.78 is 0. The fraction of sp³-hybridized carbons (Fsp3) is 0.538. The second kappa shape index (κ2) is 5.88. The van der Waals surface area contributed by atoms with Crippen LogP contribution in [0.4, 0.5) is 17.1 Å². The molecule has 0 atom stereocenters. The highest BCUT2D eigenvalue weighted by atomic mass is 16.6. The number of nitrogens with one attached hydrogen (secondary N) is 1. The molecule has 104 valence electrons. The molecule has 0 aromatic heterocycles. The fourth-order valence-electron chi connectivity index (χ4n) is 2.19.